The number of nitrogens with zero attached hydrogens (tertiary/aromatic N) is 6. The fourth-order valence-corrected chi connectivity index (χ4v) is 4.13. The number of aliphatic imine (C=N–C) groups is 1. The van der Waals surface area contributed by atoms with Gasteiger partial charge in [-0.2, -0.15) is 4.98 Å². The molecule has 1 aliphatic heterocycles. The van der Waals surface area contributed by atoms with Crippen LogP contribution in [0.5, 0.6) is 0 Å². The van der Waals surface area contributed by atoms with Gasteiger partial charge < -0.3 is 0 Å². The first-order valence-corrected chi connectivity index (χ1v) is 10.4. The van der Waals surface area contributed by atoms with Crippen molar-refractivity contribution in [2.75, 3.05) is 12.3 Å². The summed E-state index contributed by atoms with van der Waals surface area (Å²) >= 11 is 13.6. The van der Waals surface area contributed by atoms with Crippen molar-refractivity contribution in [1.82, 2.24) is 24.5 Å². The zero-order chi connectivity index (χ0) is 19.8. The van der Waals surface area contributed by atoms with Gasteiger partial charge in [-0.3, -0.25) is 9.69 Å². The minimum atomic E-state index is -0.298. The summed E-state index contributed by atoms with van der Waals surface area (Å²) < 4.78 is 1.58. The van der Waals surface area contributed by atoms with Gasteiger partial charge in [0.05, 0.1) is 15.7 Å². The molecule has 0 unspecified atom stereocenters. The molecule has 1 amide bonds. The number of aromatic nitrogens is 4. The third kappa shape index (κ3) is 3.72. The molecule has 0 aliphatic carbocycles. The van der Waals surface area contributed by atoms with Gasteiger partial charge in [0.15, 0.2) is 5.17 Å². The first kappa shape index (κ1) is 19.2. The highest BCUT2D eigenvalue weighted by Crippen LogP contribution is 2.29. The van der Waals surface area contributed by atoms with E-state index < -0.39 is 0 Å². The summed E-state index contributed by atoms with van der Waals surface area (Å²) in [6, 6.07) is 7.01. The van der Waals surface area contributed by atoms with E-state index in [1.807, 2.05) is 19.9 Å². The van der Waals surface area contributed by atoms with Crippen molar-refractivity contribution < 1.29 is 4.79 Å². The number of amides is 1. The van der Waals surface area contributed by atoms with Crippen LogP contribution >= 0.6 is 35.0 Å². The molecule has 3 heterocycles. The Hall–Kier alpha value is -2.16. The van der Waals surface area contributed by atoms with Crippen LogP contribution in [0.2, 0.25) is 10.0 Å². The first-order chi connectivity index (χ1) is 13.4. The molecule has 7 nitrogen and oxygen atoms in total. The van der Waals surface area contributed by atoms with E-state index in [0.717, 1.165) is 23.6 Å². The second-order valence-electron chi connectivity index (χ2n) is 6.34. The third-order valence-electron chi connectivity index (χ3n) is 4.17. The second-order valence-corrected chi connectivity index (χ2v) is 8.21. The lowest BCUT2D eigenvalue weighted by Crippen LogP contribution is -2.39. The van der Waals surface area contributed by atoms with E-state index in [-0.39, 0.29) is 11.7 Å². The summed E-state index contributed by atoms with van der Waals surface area (Å²) in [5, 5.41) is 5.81. The highest BCUT2D eigenvalue weighted by molar-refractivity contribution is 8.13. The Morgan fingerprint density at radius 3 is 2.79 bits per heavy atom. The summed E-state index contributed by atoms with van der Waals surface area (Å²) in [5.74, 6) is 1.09. The molecule has 0 atom stereocenters. The number of carbonyl (C=O) groups is 1. The largest absolute Gasteiger partial charge is 0.299 e. The number of rotatable bonds is 2. The Labute approximate surface area is 175 Å². The Morgan fingerprint density at radius 1 is 1.18 bits per heavy atom. The quantitative estimate of drug-likeness (QED) is 0.600. The first-order valence-electron chi connectivity index (χ1n) is 8.62. The molecule has 4 rings (SSSR count). The van der Waals surface area contributed by atoms with E-state index in [2.05, 4.69) is 20.1 Å². The molecule has 0 saturated carbocycles. The minimum absolute atomic E-state index is 0.102. The summed E-state index contributed by atoms with van der Waals surface area (Å²) in [7, 11) is 0. The van der Waals surface area contributed by atoms with Crippen molar-refractivity contribution in [3.05, 3.63) is 51.5 Å². The molecule has 1 aromatic carbocycles. The Kier molecular flexibility index (Phi) is 5.27. The third-order valence-corrected chi connectivity index (χ3v) is 5.97. The molecule has 144 valence electrons. The number of fused-ring (bicyclic) bond motifs is 1. The van der Waals surface area contributed by atoms with Crippen LogP contribution in [0.1, 0.15) is 28.4 Å². The number of aryl methyl sites for hydroxylation is 2. The minimum Gasteiger partial charge on any atom is -0.284 e. The van der Waals surface area contributed by atoms with E-state index >= 15 is 0 Å². The molecule has 0 spiro atoms. The highest BCUT2D eigenvalue weighted by Gasteiger charge is 2.28. The van der Waals surface area contributed by atoms with Crippen LogP contribution < -0.4 is 0 Å². The van der Waals surface area contributed by atoms with Gasteiger partial charge in [0.25, 0.3) is 11.7 Å². The van der Waals surface area contributed by atoms with Gasteiger partial charge in [-0.1, -0.05) is 35.0 Å². The molecule has 1 aliphatic rings. The normalized spacial score (nSPS) is 16.1. The van der Waals surface area contributed by atoms with Gasteiger partial charge in [0.1, 0.15) is 0 Å². The van der Waals surface area contributed by atoms with Gasteiger partial charge in [-0.25, -0.2) is 14.5 Å². The maximum Gasteiger partial charge on any atom is 0.299 e. The summed E-state index contributed by atoms with van der Waals surface area (Å²) in [5.41, 5.74) is 2.33. The van der Waals surface area contributed by atoms with E-state index in [1.165, 1.54) is 11.8 Å². The Morgan fingerprint density at radius 2 is 2.00 bits per heavy atom. The van der Waals surface area contributed by atoms with Crippen LogP contribution in [-0.2, 0) is 0 Å². The molecule has 10 heteroatoms. The maximum absolute atomic E-state index is 13.1. The number of benzene rings is 1. The standard InChI is InChI=1S/C18H16Cl2N6OS/c1-10-8-11(2)26-17(21-10)23-15(24-26)16(27)25-6-3-7-28-18(25)22-12-4-5-13(19)14(20)9-12/h4-5,8-9H,3,6-7H2,1-2H3. The molecule has 1 fully saturated rings. The van der Waals surface area contributed by atoms with E-state index in [1.54, 1.807) is 27.6 Å². The number of halogens is 2. The maximum atomic E-state index is 13.1. The summed E-state index contributed by atoms with van der Waals surface area (Å²) in [6.45, 7) is 4.33. The highest BCUT2D eigenvalue weighted by atomic mass is 35.5. The lowest BCUT2D eigenvalue weighted by molar-refractivity contribution is 0.0838. The number of amidine groups is 1. The predicted octanol–water partition coefficient (Wildman–Crippen LogP) is 4.31. The predicted molar refractivity (Wildman–Crippen MR) is 112 cm³/mol. The average Bonchev–Trinajstić information content (AvgIpc) is 3.09. The lowest BCUT2D eigenvalue weighted by atomic mass is 10.3. The number of hydrogen-bond donors (Lipinski definition) is 0. The van der Waals surface area contributed by atoms with Crippen molar-refractivity contribution >= 4 is 57.5 Å². The zero-order valence-electron chi connectivity index (χ0n) is 15.2. The molecular weight excluding hydrogens is 419 g/mol. The number of carbonyl (C=O) groups excluding carboxylic acids is 1. The molecule has 28 heavy (non-hydrogen) atoms. The van der Waals surface area contributed by atoms with Crippen LogP contribution in [0.3, 0.4) is 0 Å². The molecule has 0 radical (unpaired) electrons. The van der Waals surface area contributed by atoms with Crippen molar-refractivity contribution in [2.45, 2.75) is 20.3 Å². The van der Waals surface area contributed by atoms with Crippen molar-refractivity contribution in [1.29, 1.82) is 0 Å². The smallest absolute Gasteiger partial charge is 0.284 e. The van der Waals surface area contributed by atoms with Crippen molar-refractivity contribution in [3.8, 4) is 0 Å². The molecule has 0 N–H and O–H groups in total. The Bertz CT molecular complexity index is 1110. The molecule has 0 bridgehead atoms. The number of thioether (sulfide) groups is 1. The fourth-order valence-electron chi connectivity index (χ4n) is 2.88. The van der Waals surface area contributed by atoms with E-state index in [0.29, 0.717) is 33.2 Å². The van der Waals surface area contributed by atoms with Crippen molar-refractivity contribution in [2.24, 2.45) is 4.99 Å². The van der Waals surface area contributed by atoms with Gasteiger partial charge in [-0.15, -0.1) is 5.10 Å². The van der Waals surface area contributed by atoms with Gasteiger partial charge in [-0.05, 0) is 44.5 Å². The van der Waals surface area contributed by atoms with Crippen molar-refractivity contribution in [3.63, 3.8) is 0 Å². The zero-order valence-corrected chi connectivity index (χ0v) is 17.5. The van der Waals surface area contributed by atoms with Crippen LogP contribution in [-0.4, -0.2) is 47.9 Å². The number of hydrogen-bond acceptors (Lipinski definition) is 6. The SMILES string of the molecule is Cc1cc(C)n2nc(C(=O)N3CCCSC3=Nc3ccc(Cl)c(Cl)c3)nc2n1. The topological polar surface area (TPSA) is 75.8 Å². The molecule has 2 aromatic heterocycles. The summed E-state index contributed by atoms with van der Waals surface area (Å²) in [4.78, 5) is 28.0. The molecular formula is C18H16Cl2N6OS. The monoisotopic (exact) mass is 434 g/mol. The van der Waals surface area contributed by atoms with Gasteiger partial charge in [0, 0.05) is 23.7 Å². The lowest BCUT2D eigenvalue weighted by Gasteiger charge is -2.26. The van der Waals surface area contributed by atoms with Crippen LogP contribution in [0.4, 0.5) is 5.69 Å². The van der Waals surface area contributed by atoms with Crippen LogP contribution in [0, 0.1) is 13.8 Å². The van der Waals surface area contributed by atoms with Gasteiger partial charge >= 0.3 is 0 Å². The molecule has 1 saturated heterocycles. The Balaban J connectivity index is 1.69. The van der Waals surface area contributed by atoms with Crippen LogP contribution in [0.25, 0.3) is 5.78 Å². The van der Waals surface area contributed by atoms with E-state index in [4.69, 9.17) is 23.2 Å². The second kappa shape index (κ2) is 7.69. The fraction of sp³-hybridized carbons (Fsp3) is 0.278. The van der Waals surface area contributed by atoms with E-state index in [9.17, 15) is 4.79 Å². The van der Waals surface area contributed by atoms with Gasteiger partial charge in [0.2, 0.25) is 5.82 Å². The molecule has 3 aromatic rings. The average molecular weight is 435 g/mol. The summed E-state index contributed by atoms with van der Waals surface area (Å²) in [6.07, 6.45) is 0.862. The van der Waals surface area contributed by atoms with Crippen LogP contribution in [0.15, 0.2) is 29.3 Å².